The van der Waals surface area contributed by atoms with Gasteiger partial charge in [0.25, 0.3) is 5.91 Å². The van der Waals surface area contributed by atoms with Gasteiger partial charge in [0.15, 0.2) is 5.11 Å². The average molecular weight is 386 g/mol. The van der Waals surface area contributed by atoms with E-state index in [4.69, 9.17) is 23.8 Å². The molecule has 0 aliphatic rings. The van der Waals surface area contributed by atoms with E-state index in [0.29, 0.717) is 10.7 Å². The molecule has 3 rings (SSSR count). The Morgan fingerprint density at radius 1 is 1.04 bits per heavy atom. The van der Waals surface area contributed by atoms with E-state index in [1.807, 2.05) is 43.3 Å². The van der Waals surface area contributed by atoms with Crippen LogP contribution in [0.1, 0.15) is 15.9 Å². The highest BCUT2D eigenvalue weighted by Crippen LogP contribution is 2.24. The normalized spacial score (nSPS) is 10.4. The highest BCUT2D eigenvalue weighted by atomic mass is 35.5. The molecule has 0 aliphatic heterocycles. The quantitative estimate of drug-likeness (QED) is 0.394. The number of nitrogens with one attached hydrogen (secondary N) is 3. The lowest BCUT2D eigenvalue weighted by Gasteiger charge is -2.13. The Hall–Kier alpha value is -2.83. The second-order valence-corrected chi connectivity index (χ2v) is 6.53. The lowest BCUT2D eigenvalue weighted by molar-refractivity contribution is 0.0941. The fourth-order valence-corrected chi connectivity index (χ4v) is 2.77. The van der Waals surface area contributed by atoms with E-state index in [9.17, 15) is 9.90 Å². The molecule has 0 saturated heterocycles. The van der Waals surface area contributed by atoms with Crippen molar-refractivity contribution in [3.05, 3.63) is 70.7 Å². The number of hydrogen-bond acceptors (Lipinski definition) is 3. The molecule has 0 radical (unpaired) electrons. The van der Waals surface area contributed by atoms with Crippen LogP contribution in [0.5, 0.6) is 5.75 Å². The molecule has 0 atom stereocenters. The molecular weight excluding hydrogens is 370 g/mol. The third-order valence-electron chi connectivity index (χ3n) is 3.83. The van der Waals surface area contributed by atoms with Crippen molar-refractivity contribution < 1.29 is 9.90 Å². The molecule has 0 heterocycles. The first kappa shape index (κ1) is 18.0. The van der Waals surface area contributed by atoms with E-state index in [0.717, 1.165) is 16.3 Å². The summed E-state index contributed by atoms with van der Waals surface area (Å²) >= 11 is 11.2. The highest BCUT2D eigenvalue weighted by Gasteiger charge is 2.12. The summed E-state index contributed by atoms with van der Waals surface area (Å²) in [6.45, 7) is 1.90. The molecule has 0 aliphatic carbocycles. The highest BCUT2D eigenvalue weighted by molar-refractivity contribution is 7.80. The summed E-state index contributed by atoms with van der Waals surface area (Å²) in [6.07, 6.45) is 0. The first-order chi connectivity index (χ1) is 12.4. The van der Waals surface area contributed by atoms with E-state index < -0.39 is 5.91 Å². The topological polar surface area (TPSA) is 73.4 Å². The SMILES string of the molecule is Cc1ccc(NC(=S)NNC(=O)c2cc3ccccc3cc2O)cc1Cl. The van der Waals surface area contributed by atoms with Gasteiger partial charge in [-0.15, -0.1) is 0 Å². The smallest absolute Gasteiger partial charge is 0.273 e. The lowest BCUT2D eigenvalue weighted by atomic mass is 10.1. The number of hydrazine groups is 1. The first-order valence-electron chi connectivity index (χ1n) is 7.79. The molecular formula is C19H16ClN3O2S. The zero-order chi connectivity index (χ0) is 18.7. The van der Waals surface area contributed by atoms with E-state index in [1.165, 1.54) is 0 Å². The minimum absolute atomic E-state index is 0.104. The second-order valence-electron chi connectivity index (χ2n) is 5.71. The number of aryl methyl sites for hydroxylation is 1. The van der Waals surface area contributed by atoms with Crippen LogP contribution in [0.4, 0.5) is 5.69 Å². The molecule has 0 spiro atoms. The molecule has 3 aromatic carbocycles. The Morgan fingerprint density at radius 3 is 2.42 bits per heavy atom. The molecule has 0 bridgehead atoms. The number of fused-ring (bicyclic) bond motifs is 1. The van der Waals surface area contributed by atoms with Crippen LogP contribution in [0.3, 0.4) is 0 Å². The van der Waals surface area contributed by atoms with E-state index in [2.05, 4.69) is 16.2 Å². The number of thiocarbonyl (C=S) groups is 1. The van der Waals surface area contributed by atoms with Gasteiger partial charge in [-0.1, -0.05) is 41.9 Å². The van der Waals surface area contributed by atoms with Crippen LogP contribution >= 0.6 is 23.8 Å². The maximum Gasteiger partial charge on any atom is 0.273 e. The molecule has 0 fully saturated rings. The van der Waals surface area contributed by atoms with Crippen molar-refractivity contribution in [1.29, 1.82) is 0 Å². The minimum atomic E-state index is -0.501. The number of benzene rings is 3. The average Bonchev–Trinajstić information content (AvgIpc) is 2.62. The van der Waals surface area contributed by atoms with Crippen LogP contribution in [0.2, 0.25) is 5.02 Å². The largest absolute Gasteiger partial charge is 0.507 e. The number of aromatic hydroxyl groups is 1. The molecule has 3 aromatic rings. The lowest BCUT2D eigenvalue weighted by Crippen LogP contribution is -2.43. The molecule has 0 aromatic heterocycles. The summed E-state index contributed by atoms with van der Waals surface area (Å²) in [6, 6.07) is 16.1. The predicted octanol–water partition coefficient (Wildman–Crippen LogP) is 4.14. The van der Waals surface area contributed by atoms with Crippen molar-refractivity contribution in [3.63, 3.8) is 0 Å². The third-order valence-corrected chi connectivity index (χ3v) is 4.44. The van der Waals surface area contributed by atoms with Gasteiger partial charge in [-0.2, -0.15) is 0 Å². The van der Waals surface area contributed by atoms with Crippen molar-refractivity contribution >= 4 is 51.3 Å². The van der Waals surface area contributed by atoms with Gasteiger partial charge in [-0.25, -0.2) is 0 Å². The third kappa shape index (κ3) is 4.04. The number of rotatable bonds is 2. The van der Waals surface area contributed by atoms with Gasteiger partial charge in [0.2, 0.25) is 0 Å². The molecule has 132 valence electrons. The maximum atomic E-state index is 12.3. The van der Waals surface area contributed by atoms with Crippen LogP contribution < -0.4 is 16.2 Å². The molecule has 7 heteroatoms. The van der Waals surface area contributed by atoms with Crippen molar-refractivity contribution in [2.75, 3.05) is 5.32 Å². The molecule has 1 amide bonds. The van der Waals surface area contributed by atoms with Gasteiger partial charge < -0.3 is 10.4 Å². The number of carbonyl (C=O) groups is 1. The standard InChI is InChI=1S/C19H16ClN3O2S/c1-11-6-7-14(10-16(11)20)21-19(26)23-22-18(25)15-8-12-4-2-3-5-13(12)9-17(15)24/h2-10,24H,1H3,(H,22,25)(H2,21,23,26). The Labute approximate surface area is 161 Å². The number of halogens is 1. The van der Waals surface area contributed by atoms with Gasteiger partial charge in [-0.3, -0.25) is 15.6 Å². The summed E-state index contributed by atoms with van der Waals surface area (Å²) in [5.41, 5.74) is 6.87. The van der Waals surface area contributed by atoms with Gasteiger partial charge in [0, 0.05) is 10.7 Å². The Kier molecular flexibility index (Phi) is 5.25. The predicted molar refractivity (Wildman–Crippen MR) is 109 cm³/mol. The van der Waals surface area contributed by atoms with Gasteiger partial charge in [0.05, 0.1) is 5.56 Å². The van der Waals surface area contributed by atoms with Gasteiger partial charge >= 0.3 is 0 Å². The molecule has 26 heavy (non-hydrogen) atoms. The monoisotopic (exact) mass is 385 g/mol. The maximum absolute atomic E-state index is 12.3. The number of hydrogen-bond donors (Lipinski definition) is 4. The Bertz CT molecular complexity index is 1010. The van der Waals surface area contributed by atoms with Crippen LogP contribution in [-0.2, 0) is 0 Å². The van der Waals surface area contributed by atoms with E-state index in [-0.39, 0.29) is 16.4 Å². The van der Waals surface area contributed by atoms with Crippen molar-refractivity contribution in [1.82, 2.24) is 10.9 Å². The Balaban J connectivity index is 1.65. The fraction of sp³-hybridized carbons (Fsp3) is 0.0526. The Morgan fingerprint density at radius 2 is 1.73 bits per heavy atom. The van der Waals surface area contributed by atoms with Crippen molar-refractivity contribution in [3.8, 4) is 5.75 Å². The molecule has 4 N–H and O–H groups in total. The summed E-state index contributed by atoms with van der Waals surface area (Å²) in [5.74, 6) is -0.605. The van der Waals surface area contributed by atoms with Crippen LogP contribution in [0, 0.1) is 6.92 Å². The van der Waals surface area contributed by atoms with Crippen molar-refractivity contribution in [2.24, 2.45) is 0 Å². The van der Waals surface area contributed by atoms with Gasteiger partial charge in [0.1, 0.15) is 5.75 Å². The fourth-order valence-electron chi connectivity index (χ4n) is 2.42. The summed E-state index contributed by atoms with van der Waals surface area (Å²) < 4.78 is 0. The van der Waals surface area contributed by atoms with Gasteiger partial charge in [-0.05, 0) is 59.7 Å². The second kappa shape index (κ2) is 7.59. The van der Waals surface area contributed by atoms with Crippen LogP contribution in [0.15, 0.2) is 54.6 Å². The van der Waals surface area contributed by atoms with E-state index in [1.54, 1.807) is 18.2 Å². The summed E-state index contributed by atoms with van der Waals surface area (Å²) in [7, 11) is 0. The number of amides is 1. The molecule has 0 saturated carbocycles. The zero-order valence-corrected chi connectivity index (χ0v) is 15.4. The number of phenols is 1. The first-order valence-corrected chi connectivity index (χ1v) is 8.58. The van der Waals surface area contributed by atoms with Crippen molar-refractivity contribution in [2.45, 2.75) is 6.92 Å². The van der Waals surface area contributed by atoms with E-state index >= 15 is 0 Å². The molecule has 5 nitrogen and oxygen atoms in total. The zero-order valence-electron chi connectivity index (χ0n) is 13.8. The number of carbonyl (C=O) groups excluding carboxylic acids is 1. The summed E-state index contributed by atoms with van der Waals surface area (Å²) in [5, 5.41) is 15.5. The minimum Gasteiger partial charge on any atom is -0.507 e. The number of anilines is 1. The summed E-state index contributed by atoms with van der Waals surface area (Å²) in [4.78, 5) is 12.3. The number of phenolic OH excluding ortho intramolecular Hbond substituents is 1. The van der Waals surface area contributed by atoms with Crippen LogP contribution in [0.25, 0.3) is 10.8 Å². The van der Waals surface area contributed by atoms with Crippen LogP contribution in [-0.4, -0.2) is 16.1 Å². The molecule has 0 unspecified atom stereocenters.